The van der Waals surface area contributed by atoms with Gasteiger partial charge in [-0.05, 0) is 52.6 Å². The molecule has 3 aliphatic rings. The van der Waals surface area contributed by atoms with Gasteiger partial charge in [-0.2, -0.15) is 0 Å². The quantitative estimate of drug-likeness (QED) is 0.578. The average Bonchev–Trinajstić information content (AvgIpc) is 3.29. The number of nitrogens with one attached hydrogen (secondary N) is 2. The van der Waals surface area contributed by atoms with Gasteiger partial charge in [-0.3, -0.25) is 9.79 Å². The van der Waals surface area contributed by atoms with Crippen LogP contribution in [0.2, 0.25) is 0 Å². The number of hydrogen-bond donors (Lipinski definition) is 2. The lowest BCUT2D eigenvalue weighted by Gasteiger charge is -2.26. The molecule has 6 heteroatoms. The van der Waals surface area contributed by atoms with Gasteiger partial charge in [-0.25, -0.2) is 0 Å². The minimum atomic E-state index is 0.280. The molecule has 6 nitrogen and oxygen atoms in total. The summed E-state index contributed by atoms with van der Waals surface area (Å²) in [6.45, 7) is 6.71. The van der Waals surface area contributed by atoms with Crippen molar-refractivity contribution in [3.8, 4) is 0 Å². The Morgan fingerprint density at radius 1 is 1.08 bits per heavy atom. The highest BCUT2D eigenvalue weighted by molar-refractivity contribution is 5.81. The van der Waals surface area contributed by atoms with Crippen LogP contribution in [0.3, 0.4) is 0 Å². The van der Waals surface area contributed by atoms with E-state index in [0.29, 0.717) is 18.0 Å². The van der Waals surface area contributed by atoms with Crippen LogP contribution in [0.4, 0.5) is 0 Å². The topological polar surface area (TPSA) is 60.0 Å². The van der Waals surface area contributed by atoms with Crippen molar-refractivity contribution >= 4 is 11.9 Å². The van der Waals surface area contributed by atoms with Gasteiger partial charge in [0.1, 0.15) is 0 Å². The highest BCUT2D eigenvalue weighted by Crippen LogP contribution is 2.26. The summed E-state index contributed by atoms with van der Waals surface area (Å²) in [6, 6.07) is 0.889. The lowest BCUT2D eigenvalue weighted by atomic mass is 9.88. The maximum Gasteiger partial charge on any atom is 0.225 e. The predicted octanol–water partition coefficient (Wildman–Crippen LogP) is 1.82. The molecule has 0 aromatic carbocycles. The number of amides is 1. The zero-order valence-electron chi connectivity index (χ0n) is 16.7. The molecular formula is C20H37N5O. The van der Waals surface area contributed by atoms with Crippen LogP contribution >= 0.6 is 0 Å². The first-order chi connectivity index (χ1) is 12.7. The molecule has 3 fully saturated rings. The summed E-state index contributed by atoms with van der Waals surface area (Å²) >= 11 is 0. The van der Waals surface area contributed by atoms with E-state index < -0.39 is 0 Å². The van der Waals surface area contributed by atoms with Crippen molar-refractivity contribution in [1.29, 1.82) is 0 Å². The molecule has 3 rings (SSSR count). The summed E-state index contributed by atoms with van der Waals surface area (Å²) in [5, 5.41) is 6.94. The van der Waals surface area contributed by atoms with E-state index in [1.54, 1.807) is 0 Å². The normalized spacial score (nSPS) is 28.5. The van der Waals surface area contributed by atoms with Gasteiger partial charge in [0.05, 0.1) is 6.54 Å². The third kappa shape index (κ3) is 5.12. The Morgan fingerprint density at radius 3 is 2.58 bits per heavy atom. The van der Waals surface area contributed by atoms with Gasteiger partial charge in [0.15, 0.2) is 5.96 Å². The third-order valence-corrected chi connectivity index (χ3v) is 6.27. The molecule has 2 heterocycles. The molecule has 2 atom stereocenters. The van der Waals surface area contributed by atoms with E-state index in [1.165, 1.54) is 38.6 Å². The monoisotopic (exact) mass is 363 g/mol. The summed E-state index contributed by atoms with van der Waals surface area (Å²) in [5.41, 5.74) is 0. The fourth-order valence-electron chi connectivity index (χ4n) is 4.61. The van der Waals surface area contributed by atoms with Crippen LogP contribution in [0.15, 0.2) is 4.99 Å². The van der Waals surface area contributed by atoms with Gasteiger partial charge in [0, 0.05) is 37.6 Å². The van der Waals surface area contributed by atoms with Crippen molar-refractivity contribution in [1.82, 2.24) is 20.4 Å². The molecule has 1 saturated carbocycles. The molecule has 2 saturated heterocycles. The Kier molecular flexibility index (Phi) is 7.17. The highest BCUT2D eigenvalue weighted by atomic mass is 16.2. The van der Waals surface area contributed by atoms with Crippen LogP contribution in [0.1, 0.15) is 58.3 Å². The highest BCUT2D eigenvalue weighted by Gasteiger charge is 2.31. The summed E-state index contributed by atoms with van der Waals surface area (Å²) in [6.07, 6.45) is 9.46. The Morgan fingerprint density at radius 2 is 1.88 bits per heavy atom. The molecule has 0 radical (unpaired) electrons. The Bertz CT molecular complexity index is 489. The summed E-state index contributed by atoms with van der Waals surface area (Å²) in [4.78, 5) is 22.1. The Balaban J connectivity index is 1.49. The summed E-state index contributed by atoms with van der Waals surface area (Å²) < 4.78 is 0. The first kappa shape index (κ1) is 19.5. The minimum absolute atomic E-state index is 0.280. The smallest absolute Gasteiger partial charge is 0.225 e. The van der Waals surface area contributed by atoms with Gasteiger partial charge in [-0.15, -0.1) is 0 Å². The van der Waals surface area contributed by atoms with Crippen molar-refractivity contribution in [2.24, 2.45) is 10.9 Å². The molecule has 1 aliphatic carbocycles. The van der Waals surface area contributed by atoms with Gasteiger partial charge in [0.25, 0.3) is 0 Å². The van der Waals surface area contributed by atoms with E-state index in [-0.39, 0.29) is 5.92 Å². The van der Waals surface area contributed by atoms with Crippen LogP contribution in [-0.2, 0) is 4.79 Å². The largest absolute Gasteiger partial charge is 0.357 e. The Hall–Kier alpha value is -1.30. The molecular weight excluding hydrogens is 326 g/mol. The standard InChI is InChI=1S/C20H37N5O/c1-3-21-20(22-14-18-10-7-12-24(18)2)23-17-11-13-25(15-17)19(26)16-8-5-4-6-9-16/h16-18H,3-15H2,1-2H3,(H2,21,22,23). The van der Waals surface area contributed by atoms with Crippen LogP contribution in [0.25, 0.3) is 0 Å². The number of carbonyl (C=O) groups is 1. The third-order valence-electron chi connectivity index (χ3n) is 6.27. The second-order valence-electron chi connectivity index (χ2n) is 8.25. The van der Waals surface area contributed by atoms with E-state index in [9.17, 15) is 4.79 Å². The SMILES string of the molecule is CCNC(=NCC1CCCN1C)NC1CCN(C(=O)C2CCCCC2)C1. The van der Waals surface area contributed by atoms with Crippen LogP contribution in [0, 0.1) is 5.92 Å². The van der Waals surface area contributed by atoms with E-state index in [0.717, 1.165) is 51.4 Å². The zero-order chi connectivity index (χ0) is 18.4. The second kappa shape index (κ2) is 9.58. The fourth-order valence-corrected chi connectivity index (χ4v) is 4.61. The number of likely N-dealkylation sites (N-methyl/N-ethyl adjacent to an activating group) is 1. The molecule has 2 aliphatic heterocycles. The van der Waals surface area contributed by atoms with Crippen molar-refractivity contribution < 1.29 is 4.79 Å². The number of nitrogens with zero attached hydrogens (tertiary/aromatic N) is 3. The first-order valence-corrected chi connectivity index (χ1v) is 10.7. The lowest BCUT2D eigenvalue weighted by Crippen LogP contribution is -2.46. The van der Waals surface area contributed by atoms with Crippen molar-refractivity contribution in [3.63, 3.8) is 0 Å². The van der Waals surface area contributed by atoms with E-state index in [1.807, 2.05) is 0 Å². The number of guanidine groups is 1. The number of carbonyl (C=O) groups excluding carboxylic acids is 1. The van der Waals surface area contributed by atoms with Crippen molar-refractivity contribution in [3.05, 3.63) is 0 Å². The van der Waals surface area contributed by atoms with Crippen molar-refractivity contribution in [2.45, 2.75) is 70.4 Å². The molecule has 0 aromatic rings. The maximum absolute atomic E-state index is 12.7. The molecule has 0 bridgehead atoms. The maximum atomic E-state index is 12.7. The lowest BCUT2D eigenvalue weighted by molar-refractivity contribution is -0.135. The molecule has 2 unspecified atom stereocenters. The average molecular weight is 364 g/mol. The summed E-state index contributed by atoms with van der Waals surface area (Å²) in [5.74, 6) is 1.58. The number of aliphatic imine (C=N–C) groups is 1. The number of rotatable bonds is 5. The molecule has 148 valence electrons. The predicted molar refractivity (Wildman–Crippen MR) is 106 cm³/mol. The van der Waals surface area contributed by atoms with Crippen LogP contribution < -0.4 is 10.6 Å². The summed E-state index contributed by atoms with van der Waals surface area (Å²) in [7, 11) is 2.19. The molecule has 1 amide bonds. The van der Waals surface area contributed by atoms with Gasteiger partial charge in [0.2, 0.25) is 5.91 Å². The van der Waals surface area contributed by atoms with E-state index >= 15 is 0 Å². The Labute approximate surface area is 158 Å². The second-order valence-corrected chi connectivity index (χ2v) is 8.25. The number of likely N-dealkylation sites (tertiary alicyclic amines) is 2. The number of hydrogen-bond acceptors (Lipinski definition) is 3. The molecule has 0 aromatic heterocycles. The molecule has 26 heavy (non-hydrogen) atoms. The van der Waals surface area contributed by atoms with Gasteiger partial charge < -0.3 is 20.4 Å². The van der Waals surface area contributed by atoms with E-state index in [4.69, 9.17) is 4.99 Å². The van der Waals surface area contributed by atoms with Crippen molar-refractivity contribution in [2.75, 3.05) is 39.8 Å². The van der Waals surface area contributed by atoms with E-state index in [2.05, 4.69) is 34.4 Å². The van der Waals surface area contributed by atoms with Gasteiger partial charge in [-0.1, -0.05) is 19.3 Å². The zero-order valence-corrected chi connectivity index (χ0v) is 16.7. The van der Waals surface area contributed by atoms with Gasteiger partial charge >= 0.3 is 0 Å². The fraction of sp³-hybridized carbons (Fsp3) is 0.900. The minimum Gasteiger partial charge on any atom is -0.357 e. The van der Waals surface area contributed by atoms with Crippen LogP contribution in [0.5, 0.6) is 0 Å². The molecule has 2 N–H and O–H groups in total. The first-order valence-electron chi connectivity index (χ1n) is 10.7. The molecule has 0 spiro atoms. The van der Waals surface area contributed by atoms with Crippen LogP contribution in [-0.4, -0.2) is 73.5 Å².